The van der Waals surface area contributed by atoms with Gasteiger partial charge in [0.2, 0.25) is 5.88 Å². The number of hydrogen-bond donors (Lipinski definition) is 2. The van der Waals surface area contributed by atoms with Crippen molar-refractivity contribution in [2.75, 3.05) is 18.5 Å². The first-order valence-electron chi connectivity index (χ1n) is 7.29. The highest BCUT2D eigenvalue weighted by Gasteiger charge is 2.28. The molecule has 1 aliphatic rings. The fraction of sp³-hybridized carbons (Fsp3) is 0.500. The van der Waals surface area contributed by atoms with Gasteiger partial charge in [0.25, 0.3) is 0 Å². The Morgan fingerprint density at radius 1 is 1.45 bits per heavy atom. The fourth-order valence-corrected chi connectivity index (χ4v) is 2.43. The maximum atomic E-state index is 13.7. The van der Waals surface area contributed by atoms with E-state index in [1.807, 2.05) is 6.92 Å². The summed E-state index contributed by atoms with van der Waals surface area (Å²) < 4.78 is 24.9. The molecule has 0 radical (unpaired) electrons. The molecule has 2 atom stereocenters. The third kappa shape index (κ3) is 3.33. The van der Waals surface area contributed by atoms with Gasteiger partial charge >= 0.3 is 0 Å². The summed E-state index contributed by atoms with van der Waals surface area (Å²) in [6.07, 6.45) is 4.29. The summed E-state index contributed by atoms with van der Waals surface area (Å²) in [7, 11) is 0. The van der Waals surface area contributed by atoms with Crippen LogP contribution in [0.2, 0.25) is 0 Å². The van der Waals surface area contributed by atoms with Crippen LogP contribution in [0.3, 0.4) is 0 Å². The van der Waals surface area contributed by atoms with Crippen LogP contribution in [0.1, 0.15) is 31.7 Å². The van der Waals surface area contributed by atoms with Crippen molar-refractivity contribution in [3.8, 4) is 5.88 Å². The summed E-state index contributed by atoms with van der Waals surface area (Å²) in [5.41, 5.74) is 0.366. The van der Waals surface area contributed by atoms with Crippen molar-refractivity contribution in [1.29, 1.82) is 0 Å². The lowest BCUT2D eigenvalue weighted by Crippen LogP contribution is -2.19. The van der Waals surface area contributed by atoms with E-state index in [4.69, 9.17) is 9.47 Å². The molecule has 2 aromatic heterocycles. The zero-order valence-corrected chi connectivity index (χ0v) is 12.3. The van der Waals surface area contributed by atoms with E-state index in [-0.39, 0.29) is 12.2 Å². The number of anilines is 1. The summed E-state index contributed by atoms with van der Waals surface area (Å²) >= 11 is 0. The van der Waals surface area contributed by atoms with Crippen LogP contribution in [0.25, 0.3) is 0 Å². The molecule has 7 nitrogen and oxygen atoms in total. The second-order valence-corrected chi connectivity index (χ2v) is 5.01. The molecule has 1 fully saturated rings. The molecule has 1 saturated heterocycles. The van der Waals surface area contributed by atoms with Crippen LogP contribution in [-0.2, 0) is 4.74 Å². The highest BCUT2D eigenvalue weighted by molar-refractivity contribution is 5.46. The lowest BCUT2D eigenvalue weighted by atomic mass is 10.2. The Balaban J connectivity index is 1.56. The quantitative estimate of drug-likeness (QED) is 0.850. The van der Waals surface area contributed by atoms with Crippen molar-refractivity contribution < 1.29 is 13.9 Å². The molecule has 0 amide bonds. The Labute approximate surface area is 127 Å². The molecule has 3 heterocycles. The van der Waals surface area contributed by atoms with Crippen molar-refractivity contribution in [1.82, 2.24) is 20.2 Å². The Morgan fingerprint density at radius 2 is 2.36 bits per heavy atom. The van der Waals surface area contributed by atoms with E-state index >= 15 is 0 Å². The van der Waals surface area contributed by atoms with E-state index in [0.717, 1.165) is 24.9 Å². The number of ether oxygens (including phenoxy) is 2. The predicted octanol–water partition coefficient (Wildman–Crippen LogP) is 2.07. The van der Waals surface area contributed by atoms with Gasteiger partial charge in [0.05, 0.1) is 24.6 Å². The van der Waals surface area contributed by atoms with Gasteiger partial charge in [0.1, 0.15) is 12.4 Å². The molecule has 118 valence electrons. The van der Waals surface area contributed by atoms with Gasteiger partial charge in [-0.05, 0) is 19.8 Å². The summed E-state index contributed by atoms with van der Waals surface area (Å²) in [5.74, 6) is 0.725. The van der Waals surface area contributed by atoms with E-state index in [0.29, 0.717) is 24.7 Å². The lowest BCUT2D eigenvalue weighted by Gasteiger charge is -2.14. The first kappa shape index (κ1) is 14.7. The van der Waals surface area contributed by atoms with Crippen LogP contribution in [0.5, 0.6) is 5.88 Å². The van der Waals surface area contributed by atoms with Crippen LogP contribution in [-0.4, -0.2) is 39.4 Å². The van der Waals surface area contributed by atoms with E-state index < -0.39 is 5.82 Å². The molecule has 0 aromatic carbocycles. The Kier molecular flexibility index (Phi) is 4.47. The number of pyridine rings is 1. The minimum atomic E-state index is -0.409. The van der Waals surface area contributed by atoms with Gasteiger partial charge < -0.3 is 14.8 Å². The van der Waals surface area contributed by atoms with Crippen LogP contribution < -0.4 is 10.1 Å². The lowest BCUT2D eigenvalue weighted by molar-refractivity contribution is 0.0472. The molecule has 0 aliphatic carbocycles. The number of hydrogen-bond acceptors (Lipinski definition) is 6. The maximum Gasteiger partial charge on any atom is 0.215 e. The molecule has 22 heavy (non-hydrogen) atoms. The van der Waals surface area contributed by atoms with E-state index in [9.17, 15) is 4.39 Å². The molecular weight excluding hydrogens is 289 g/mol. The molecular formula is C14H18FN5O2. The van der Waals surface area contributed by atoms with Crippen molar-refractivity contribution in [3.05, 3.63) is 30.2 Å². The molecule has 0 saturated carbocycles. The third-order valence-electron chi connectivity index (χ3n) is 3.49. The first-order valence-corrected chi connectivity index (χ1v) is 7.29. The van der Waals surface area contributed by atoms with Gasteiger partial charge in [-0.15, -0.1) is 0 Å². The number of aromatic amines is 1. The summed E-state index contributed by atoms with van der Waals surface area (Å²) in [4.78, 5) is 7.97. The van der Waals surface area contributed by atoms with Gasteiger partial charge in [-0.2, -0.15) is 5.10 Å². The second-order valence-electron chi connectivity index (χ2n) is 5.01. The third-order valence-corrected chi connectivity index (χ3v) is 3.49. The van der Waals surface area contributed by atoms with Crippen molar-refractivity contribution in [2.24, 2.45) is 0 Å². The molecule has 0 spiro atoms. The second kappa shape index (κ2) is 6.69. The zero-order chi connectivity index (χ0) is 15.4. The van der Waals surface area contributed by atoms with Gasteiger partial charge in [-0.25, -0.2) is 14.4 Å². The van der Waals surface area contributed by atoms with Gasteiger partial charge in [-0.3, -0.25) is 5.10 Å². The molecule has 0 bridgehead atoms. The SMILES string of the molecule is CCOc1cc(NC[C@H]2CC[C@@H](c3ncn[nH]3)O2)c(F)cn1. The maximum absolute atomic E-state index is 13.7. The number of aromatic nitrogens is 4. The molecule has 1 aliphatic heterocycles. The van der Waals surface area contributed by atoms with Crippen molar-refractivity contribution in [3.63, 3.8) is 0 Å². The van der Waals surface area contributed by atoms with Gasteiger partial charge in [-0.1, -0.05) is 0 Å². The number of nitrogens with one attached hydrogen (secondary N) is 2. The number of rotatable bonds is 6. The topological polar surface area (TPSA) is 85.0 Å². The van der Waals surface area contributed by atoms with E-state index in [1.165, 1.54) is 6.33 Å². The van der Waals surface area contributed by atoms with Crippen LogP contribution >= 0.6 is 0 Å². The Bertz CT molecular complexity index is 607. The largest absolute Gasteiger partial charge is 0.478 e. The molecule has 8 heteroatoms. The Hall–Kier alpha value is -2.22. The summed E-state index contributed by atoms with van der Waals surface area (Å²) in [6, 6.07) is 1.56. The standard InChI is InChI=1S/C14H18FN5O2/c1-2-21-13-5-11(10(15)7-17-13)16-6-9-3-4-12(22-9)14-18-8-19-20-14/h5,7-9,12H,2-4,6H2,1H3,(H,16,17)(H,18,19,20)/t9-,12+/m1/s1. The minimum Gasteiger partial charge on any atom is -0.478 e. The van der Waals surface area contributed by atoms with Crippen molar-refractivity contribution in [2.45, 2.75) is 32.0 Å². The van der Waals surface area contributed by atoms with Gasteiger partial charge in [0.15, 0.2) is 11.6 Å². The van der Waals surface area contributed by atoms with Crippen LogP contribution in [0.15, 0.2) is 18.6 Å². The summed E-state index contributed by atoms with van der Waals surface area (Å²) in [5, 5.41) is 9.69. The fourth-order valence-electron chi connectivity index (χ4n) is 2.43. The molecule has 2 N–H and O–H groups in total. The first-order chi connectivity index (χ1) is 10.8. The van der Waals surface area contributed by atoms with E-state index in [2.05, 4.69) is 25.5 Å². The monoisotopic (exact) mass is 307 g/mol. The van der Waals surface area contributed by atoms with E-state index in [1.54, 1.807) is 6.07 Å². The number of nitrogens with zero attached hydrogens (tertiary/aromatic N) is 3. The highest BCUT2D eigenvalue weighted by Crippen LogP contribution is 2.30. The average molecular weight is 307 g/mol. The molecule has 3 rings (SSSR count). The number of H-pyrrole nitrogens is 1. The zero-order valence-electron chi connectivity index (χ0n) is 12.3. The van der Waals surface area contributed by atoms with Gasteiger partial charge in [0, 0.05) is 12.6 Å². The normalized spacial score (nSPS) is 21.0. The van der Waals surface area contributed by atoms with Crippen LogP contribution in [0.4, 0.5) is 10.1 Å². The van der Waals surface area contributed by atoms with Crippen molar-refractivity contribution >= 4 is 5.69 Å². The molecule has 0 unspecified atom stereocenters. The Morgan fingerprint density at radius 3 is 3.14 bits per heavy atom. The highest BCUT2D eigenvalue weighted by atomic mass is 19.1. The van der Waals surface area contributed by atoms with Crippen LogP contribution in [0, 0.1) is 5.82 Å². The predicted molar refractivity (Wildman–Crippen MR) is 77.1 cm³/mol. The smallest absolute Gasteiger partial charge is 0.215 e. The average Bonchev–Trinajstić information content (AvgIpc) is 3.18. The molecule has 2 aromatic rings. The number of halogens is 1. The minimum absolute atomic E-state index is 0.00166. The summed E-state index contributed by atoms with van der Waals surface area (Å²) in [6.45, 7) is 2.86.